The molecule has 0 amide bonds. The van der Waals surface area contributed by atoms with Crippen LogP contribution in [0, 0.1) is 0 Å². The summed E-state index contributed by atoms with van der Waals surface area (Å²) in [4.78, 5) is 11.6. The molecule has 0 bridgehead atoms. The van der Waals surface area contributed by atoms with Crippen LogP contribution in [0.5, 0.6) is 0 Å². The molecule has 1 fully saturated rings. The van der Waals surface area contributed by atoms with Crippen LogP contribution in [0.2, 0.25) is 0 Å². The van der Waals surface area contributed by atoms with Gasteiger partial charge in [-0.2, -0.15) is 4.98 Å². The molecule has 0 spiro atoms. The standard InChI is InChI=1S/C21H31N5O/c1-4-22-21(23-13-8-11-19-24-20(16(2)3)25-27-19)26-14-12-18(15-26)17-9-6-5-7-10-17/h5-7,9-10,16,18H,4,8,11-15H2,1-3H3,(H,22,23). The smallest absolute Gasteiger partial charge is 0.226 e. The van der Waals surface area contributed by atoms with E-state index in [2.05, 4.69) is 71.5 Å². The summed E-state index contributed by atoms with van der Waals surface area (Å²) >= 11 is 0. The van der Waals surface area contributed by atoms with Gasteiger partial charge in [0.2, 0.25) is 5.89 Å². The maximum absolute atomic E-state index is 5.31. The predicted octanol–water partition coefficient (Wildman–Crippen LogP) is 3.58. The number of hydrogen-bond donors (Lipinski definition) is 1. The molecular weight excluding hydrogens is 338 g/mol. The van der Waals surface area contributed by atoms with Crippen molar-refractivity contribution in [1.82, 2.24) is 20.4 Å². The molecule has 146 valence electrons. The molecule has 0 saturated carbocycles. The maximum atomic E-state index is 5.31. The summed E-state index contributed by atoms with van der Waals surface area (Å²) in [6.07, 6.45) is 2.86. The zero-order chi connectivity index (χ0) is 19.1. The van der Waals surface area contributed by atoms with Crippen molar-refractivity contribution in [3.8, 4) is 0 Å². The van der Waals surface area contributed by atoms with E-state index in [0.29, 0.717) is 17.7 Å². The average Bonchev–Trinajstić information content (AvgIpc) is 3.35. The van der Waals surface area contributed by atoms with Gasteiger partial charge in [0.15, 0.2) is 11.8 Å². The minimum atomic E-state index is 0.300. The summed E-state index contributed by atoms with van der Waals surface area (Å²) in [5, 5.41) is 7.46. The maximum Gasteiger partial charge on any atom is 0.226 e. The molecule has 1 aromatic heterocycles. The Morgan fingerprint density at radius 3 is 2.85 bits per heavy atom. The summed E-state index contributed by atoms with van der Waals surface area (Å²) in [6.45, 7) is 9.97. The summed E-state index contributed by atoms with van der Waals surface area (Å²) in [5.74, 6) is 3.40. The number of nitrogens with one attached hydrogen (secondary N) is 1. The van der Waals surface area contributed by atoms with E-state index in [9.17, 15) is 0 Å². The highest BCUT2D eigenvalue weighted by molar-refractivity contribution is 5.80. The van der Waals surface area contributed by atoms with Gasteiger partial charge in [-0.1, -0.05) is 49.3 Å². The van der Waals surface area contributed by atoms with Gasteiger partial charge in [-0.05, 0) is 25.3 Å². The number of likely N-dealkylation sites (tertiary alicyclic amines) is 1. The molecule has 0 radical (unpaired) electrons. The van der Waals surface area contributed by atoms with Crippen molar-refractivity contribution in [2.75, 3.05) is 26.2 Å². The minimum Gasteiger partial charge on any atom is -0.357 e. The van der Waals surface area contributed by atoms with Gasteiger partial charge in [-0.3, -0.25) is 4.99 Å². The van der Waals surface area contributed by atoms with Gasteiger partial charge in [0, 0.05) is 44.4 Å². The van der Waals surface area contributed by atoms with Gasteiger partial charge in [-0.25, -0.2) is 0 Å². The number of guanidine groups is 1. The van der Waals surface area contributed by atoms with Crippen molar-refractivity contribution in [3.05, 3.63) is 47.6 Å². The lowest BCUT2D eigenvalue weighted by atomic mass is 9.99. The van der Waals surface area contributed by atoms with E-state index in [1.54, 1.807) is 0 Å². The molecule has 6 heteroatoms. The molecule has 0 aliphatic carbocycles. The van der Waals surface area contributed by atoms with E-state index in [1.165, 1.54) is 12.0 Å². The van der Waals surface area contributed by atoms with Crippen molar-refractivity contribution < 1.29 is 4.52 Å². The first-order valence-corrected chi connectivity index (χ1v) is 10.1. The second kappa shape index (κ2) is 9.53. The zero-order valence-corrected chi connectivity index (χ0v) is 16.7. The fraction of sp³-hybridized carbons (Fsp3) is 0.571. The second-order valence-electron chi connectivity index (χ2n) is 7.38. The Balaban J connectivity index is 1.52. The molecule has 1 aliphatic rings. The van der Waals surface area contributed by atoms with E-state index in [4.69, 9.17) is 9.52 Å². The van der Waals surface area contributed by atoms with E-state index < -0.39 is 0 Å². The Kier molecular flexibility index (Phi) is 6.85. The van der Waals surface area contributed by atoms with Crippen LogP contribution in [0.4, 0.5) is 0 Å². The van der Waals surface area contributed by atoms with Gasteiger partial charge in [0.25, 0.3) is 0 Å². The van der Waals surface area contributed by atoms with Gasteiger partial charge in [-0.15, -0.1) is 0 Å². The molecule has 27 heavy (non-hydrogen) atoms. The lowest BCUT2D eigenvalue weighted by molar-refractivity contribution is 0.369. The number of hydrogen-bond acceptors (Lipinski definition) is 4. The van der Waals surface area contributed by atoms with Crippen LogP contribution in [-0.4, -0.2) is 47.2 Å². The molecule has 1 N–H and O–H groups in total. The lowest BCUT2D eigenvalue weighted by Crippen LogP contribution is -2.40. The molecule has 1 atom stereocenters. The fourth-order valence-electron chi connectivity index (χ4n) is 3.40. The third-order valence-corrected chi connectivity index (χ3v) is 4.90. The van der Waals surface area contributed by atoms with E-state index in [0.717, 1.165) is 50.8 Å². The van der Waals surface area contributed by atoms with E-state index in [1.807, 2.05) is 0 Å². The minimum absolute atomic E-state index is 0.300. The lowest BCUT2D eigenvalue weighted by Gasteiger charge is -2.21. The van der Waals surface area contributed by atoms with Crippen LogP contribution >= 0.6 is 0 Å². The summed E-state index contributed by atoms with van der Waals surface area (Å²) in [5.41, 5.74) is 1.42. The van der Waals surface area contributed by atoms with Crippen molar-refractivity contribution in [1.29, 1.82) is 0 Å². The first-order valence-electron chi connectivity index (χ1n) is 10.1. The zero-order valence-electron chi connectivity index (χ0n) is 16.7. The van der Waals surface area contributed by atoms with E-state index in [-0.39, 0.29) is 0 Å². The Morgan fingerprint density at radius 2 is 2.15 bits per heavy atom. The summed E-state index contributed by atoms with van der Waals surface area (Å²) in [7, 11) is 0. The van der Waals surface area contributed by atoms with Gasteiger partial charge in [0.1, 0.15) is 0 Å². The molecule has 2 heterocycles. The largest absolute Gasteiger partial charge is 0.357 e. The van der Waals surface area contributed by atoms with Crippen molar-refractivity contribution >= 4 is 5.96 Å². The van der Waals surface area contributed by atoms with Crippen LogP contribution < -0.4 is 5.32 Å². The monoisotopic (exact) mass is 369 g/mol. The SMILES string of the molecule is CCNC(=NCCCc1nc(C(C)C)no1)N1CCC(c2ccccc2)C1. The number of aromatic nitrogens is 2. The Morgan fingerprint density at radius 1 is 1.33 bits per heavy atom. The normalized spacial score (nSPS) is 17.7. The molecule has 1 aromatic carbocycles. The number of aliphatic imine (C=N–C) groups is 1. The Bertz CT molecular complexity index is 725. The Labute approximate surface area is 162 Å². The van der Waals surface area contributed by atoms with Crippen molar-refractivity contribution in [2.45, 2.75) is 51.9 Å². The van der Waals surface area contributed by atoms with Crippen LogP contribution in [0.1, 0.15) is 62.7 Å². The van der Waals surface area contributed by atoms with Crippen molar-refractivity contribution in [2.24, 2.45) is 4.99 Å². The van der Waals surface area contributed by atoms with Crippen molar-refractivity contribution in [3.63, 3.8) is 0 Å². The summed E-state index contributed by atoms with van der Waals surface area (Å²) < 4.78 is 5.31. The van der Waals surface area contributed by atoms with Crippen LogP contribution in [-0.2, 0) is 6.42 Å². The molecule has 1 aliphatic heterocycles. The average molecular weight is 370 g/mol. The summed E-state index contributed by atoms with van der Waals surface area (Å²) in [6, 6.07) is 10.8. The predicted molar refractivity (Wildman–Crippen MR) is 108 cm³/mol. The first-order chi connectivity index (χ1) is 13.2. The quantitative estimate of drug-likeness (QED) is 0.459. The highest BCUT2D eigenvalue weighted by atomic mass is 16.5. The highest BCUT2D eigenvalue weighted by Gasteiger charge is 2.25. The molecular formula is C21H31N5O. The second-order valence-corrected chi connectivity index (χ2v) is 7.38. The molecule has 1 unspecified atom stereocenters. The third kappa shape index (κ3) is 5.31. The van der Waals surface area contributed by atoms with Crippen LogP contribution in [0.25, 0.3) is 0 Å². The fourth-order valence-corrected chi connectivity index (χ4v) is 3.40. The third-order valence-electron chi connectivity index (χ3n) is 4.90. The Hall–Kier alpha value is -2.37. The highest BCUT2D eigenvalue weighted by Crippen LogP contribution is 2.26. The first kappa shape index (κ1) is 19.4. The molecule has 2 aromatic rings. The molecule has 3 rings (SSSR count). The molecule has 1 saturated heterocycles. The number of rotatable bonds is 7. The van der Waals surface area contributed by atoms with Crippen LogP contribution in [0.15, 0.2) is 39.8 Å². The van der Waals surface area contributed by atoms with E-state index >= 15 is 0 Å². The number of nitrogens with zero attached hydrogens (tertiary/aromatic N) is 4. The molecule has 6 nitrogen and oxygen atoms in total. The number of benzene rings is 1. The van der Waals surface area contributed by atoms with Gasteiger partial charge >= 0.3 is 0 Å². The van der Waals surface area contributed by atoms with Gasteiger partial charge < -0.3 is 14.7 Å². The number of aryl methyl sites for hydroxylation is 1. The topological polar surface area (TPSA) is 66.5 Å². The van der Waals surface area contributed by atoms with Crippen LogP contribution in [0.3, 0.4) is 0 Å². The van der Waals surface area contributed by atoms with Gasteiger partial charge in [0.05, 0.1) is 0 Å².